The van der Waals surface area contributed by atoms with Crippen molar-refractivity contribution >= 4 is 45.8 Å². The molecule has 0 aliphatic carbocycles. The fourth-order valence-electron chi connectivity index (χ4n) is 2.71. The summed E-state index contributed by atoms with van der Waals surface area (Å²) >= 11 is 2.21. The van der Waals surface area contributed by atoms with Gasteiger partial charge in [-0.3, -0.25) is 9.59 Å². The second kappa shape index (κ2) is 8.33. The lowest BCUT2D eigenvalue weighted by Gasteiger charge is -2.27. The van der Waals surface area contributed by atoms with Gasteiger partial charge in [0, 0.05) is 27.9 Å². The molecule has 2 aromatic rings. The summed E-state index contributed by atoms with van der Waals surface area (Å²) in [4.78, 5) is 25.9. The topological polar surface area (TPSA) is 58.6 Å². The Kier molecular flexibility index (Phi) is 5.91. The summed E-state index contributed by atoms with van der Waals surface area (Å²) in [5.41, 5.74) is 1.48. The third-order valence-corrected chi connectivity index (χ3v) is 4.67. The smallest absolute Gasteiger partial charge is 0.262 e. The molecule has 0 bridgehead atoms. The van der Waals surface area contributed by atoms with Crippen LogP contribution in [0.5, 0.6) is 5.75 Å². The van der Waals surface area contributed by atoms with Gasteiger partial charge in [0.15, 0.2) is 6.61 Å². The molecular formula is C19H19IN2O3. The lowest BCUT2D eigenvalue weighted by Crippen LogP contribution is -2.35. The van der Waals surface area contributed by atoms with Crippen molar-refractivity contribution in [1.82, 2.24) is 0 Å². The highest BCUT2D eigenvalue weighted by atomic mass is 127. The van der Waals surface area contributed by atoms with Gasteiger partial charge in [0.05, 0.1) is 0 Å². The van der Waals surface area contributed by atoms with E-state index < -0.39 is 0 Å². The number of carbonyl (C=O) groups excluding carboxylic acids is 2. The Labute approximate surface area is 160 Å². The molecule has 0 atom stereocenters. The zero-order chi connectivity index (χ0) is 17.6. The van der Waals surface area contributed by atoms with Crippen LogP contribution in [0.25, 0.3) is 0 Å². The van der Waals surface area contributed by atoms with E-state index >= 15 is 0 Å². The number of ether oxygens (including phenoxy) is 1. The summed E-state index contributed by atoms with van der Waals surface area (Å²) < 4.78 is 6.59. The minimum Gasteiger partial charge on any atom is -0.484 e. The van der Waals surface area contributed by atoms with E-state index in [1.165, 1.54) is 0 Å². The zero-order valence-corrected chi connectivity index (χ0v) is 15.9. The molecule has 1 heterocycles. The van der Waals surface area contributed by atoms with Gasteiger partial charge < -0.3 is 15.0 Å². The first-order valence-electron chi connectivity index (χ1n) is 8.20. The fourth-order valence-corrected chi connectivity index (χ4v) is 3.07. The number of hydrogen-bond donors (Lipinski definition) is 1. The van der Waals surface area contributed by atoms with Crippen LogP contribution in [-0.4, -0.2) is 25.0 Å². The molecule has 1 saturated heterocycles. The van der Waals surface area contributed by atoms with Gasteiger partial charge in [-0.2, -0.15) is 0 Å². The van der Waals surface area contributed by atoms with Gasteiger partial charge in [-0.15, -0.1) is 0 Å². The number of hydrogen-bond acceptors (Lipinski definition) is 3. The van der Waals surface area contributed by atoms with E-state index in [1.54, 1.807) is 11.0 Å². The molecule has 0 radical (unpaired) electrons. The number of piperidine rings is 1. The van der Waals surface area contributed by atoms with Crippen molar-refractivity contribution in [2.24, 2.45) is 0 Å². The number of amides is 2. The molecule has 1 aliphatic heterocycles. The monoisotopic (exact) mass is 450 g/mol. The van der Waals surface area contributed by atoms with Crippen molar-refractivity contribution < 1.29 is 14.3 Å². The Bertz CT molecular complexity index is 762. The molecule has 1 fully saturated rings. The van der Waals surface area contributed by atoms with Gasteiger partial charge in [-0.05, 0) is 77.9 Å². The lowest BCUT2D eigenvalue weighted by atomic mass is 10.1. The molecule has 0 saturated carbocycles. The third-order valence-electron chi connectivity index (χ3n) is 3.95. The summed E-state index contributed by atoms with van der Waals surface area (Å²) in [6.45, 7) is 0.666. The minimum absolute atomic E-state index is 0.0620. The number of carbonyl (C=O) groups is 2. The lowest BCUT2D eigenvalue weighted by molar-refractivity contribution is -0.119. The molecule has 25 heavy (non-hydrogen) atoms. The van der Waals surface area contributed by atoms with Crippen molar-refractivity contribution in [3.63, 3.8) is 0 Å². The Balaban J connectivity index is 1.58. The number of nitrogens with zero attached hydrogens (tertiary/aromatic N) is 1. The highest BCUT2D eigenvalue weighted by Gasteiger charge is 2.19. The van der Waals surface area contributed by atoms with Crippen molar-refractivity contribution in [2.45, 2.75) is 19.3 Å². The molecule has 2 amide bonds. The standard InChI is InChI=1S/C19H19IN2O3/c20-14-7-9-17(10-8-14)25-13-18(23)21-15-4-3-5-16(12-15)22-11-2-1-6-19(22)24/h3-5,7-10,12H,1-2,6,11,13H2,(H,21,23). The fraction of sp³-hybridized carbons (Fsp3) is 0.263. The molecule has 3 rings (SSSR count). The summed E-state index contributed by atoms with van der Waals surface area (Å²) in [5.74, 6) is 0.556. The molecule has 130 valence electrons. The van der Waals surface area contributed by atoms with Gasteiger partial charge in [0.1, 0.15) is 5.75 Å². The quantitative estimate of drug-likeness (QED) is 0.705. The van der Waals surface area contributed by atoms with Crippen LogP contribution in [0.1, 0.15) is 19.3 Å². The first-order valence-corrected chi connectivity index (χ1v) is 9.28. The molecule has 5 nitrogen and oxygen atoms in total. The zero-order valence-electron chi connectivity index (χ0n) is 13.7. The van der Waals surface area contributed by atoms with Gasteiger partial charge in [0.25, 0.3) is 5.91 Å². The summed E-state index contributed by atoms with van der Waals surface area (Å²) in [7, 11) is 0. The average Bonchev–Trinajstić information content (AvgIpc) is 2.62. The van der Waals surface area contributed by atoms with E-state index in [0.29, 0.717) is 17.9 Å². The van der Waals surface area contributed by atoms with E-state index in [2.05, 4.69) is 27.9 Å². The minimum atomic E-state index is -0.235. The second-order valence-electron chi connectivity index (χ2n) is 5.84. The van der Waals surface area contributed by atoms with E-state index in [1.807, 2.05) is 42.5 Å². The first-order chi connectivity index (χ1) is 12.1. The van der Waals surface area contributed by atoms with Crippen LogP contribution in [0.2, 0.25) is 0 Å². The highest BCUT2D eigenvalue weighted by Crippen LogP contribution is 2.24. The largest absolute Gasteiger partial charge is 0.484 e. The SMILES string of the molecule is O=C(COc1ccc(I)cc1)Nc1cccc(N2CCCCC2=O)c1. The molecule has 0 aromatic heterocycles. The molecule has 0 spiro atoms. The van der Waals surface area contributed by atoms with E-state index in [4.69, 9.17) is 4.74 Å². The highest BCUT2D eigenvalue weighted by molar-refractivity contribution is 14.1. The van der Waals surface area contributed by atoms with Crippen LogP contribution in [0.15, 0.2) is 48.5 Å². The maximum Gasteiger partial charge on any atom is 0.262 e. The molecular weight excluding hydrogens is 431 g/mol. The van der Waals surface area contributed by atoms with Crippen LogP contribution in [0.3, 0.4) is 0 Å². The van der Waals surface area contributed by atoms with E-state index in [9.17, 15) is 9.59 Å². The van der Waals surface area contributed by atoms with E-state index in [0.717, 1.165) is 28.6 Å². The Morgan fingerprint density at radius 1 is 1.16 bits per heavy atom. The Hall–Kier alpha value is -2.09. The van der Waals surface area contributed by atoms with Crippen LogP contribution in [-0.2, 0) is 9.59 Å². The Morgan fingerprint density at radius 2 is 1.96 bits per heavy atom. The number of benzene rings is 2. The molecule has 1 N–H and O–H groups in total. The predicted octanol–water partition coefficient (Wildman–Crippen LogP) is 3.83. The maximum atomic E-state index is 12.1. The van der Waals surface area contributed by atoms with Gasteiger partial charge in [0.2, 0.25) is 5.91 Å². The van der Waals surface area contributed by atoms with Crippen LogP contribution in [0.4, 0.5) is 11.4 Å². The normalized spacial score (nSPS) is 14.3. The number of nitrogens with one attached hydrogen (secondary N) is 1. The number of anilines is 2. The first kappa shape index (κ1) is 17.7. The van der Waals surface area contributed by atoms with E-state index in [-0.39, 0.29) is 18.4 Å². The van der Waals surface area contributed by atoms with Crippen LogP contribution >= 0.6 is 22.6 Å². The Morgan fingerprint density at radius 3 is 2.72 bits per heavy atom. The van der Waals surface area contributed by atoms with Crippen LogP contribution < -0.4 is 15.0 Å². The number of rotatable bonds is 5. The summed E-state index contributed by atoms with van der Waals surface area (Å²) in [5, 5.41) is 2.81. The molecule has 1 aliphatic rings. The van der Waals surface area contributed by atoms with Crippen molar-refractivity contribution in [3.8, 4) is 5.75 Å². The predicted molar refractivity (Wildman–Crippen MR) is 106 cm³/mol. The summed E-state index contributed by atoms with van der Waals surface area (Å²) in [6, 6.07) is 14.9. The molecule has 6 heteroatoms. The van der Waals surface area contributed by atoms with Gasteiger partial charge in [-0.1, -0.05) is 6.07 Å². The van der Waals surface area contributed by atoms with Crippen molar-refractivity contribution in [3.05, 3.63) is 52.1 Å². The molecule has 0 unspecified atom stereocenters. The second-order valence-corrected chi connectivity index (χ2v) is 7.09. The average molecular weight is 450 g/mol. The number of halogens is 1. The van der Waals surface area contributed by atoms with Crippen molar-refractivity contribution in [1.29, 1.82) is 0 Å². The van der Waals surface area contributed by atoms with Crippen molar-refractivity contribution in [2.75, 3.05) is 23.4 Å². The van der Waals surface area contributed by atoms with Crippen LogP contribution in [0, 0.1) is 3.57 Å². The van der Waals surface area contributed by atoms with Gasteiger partial charge in [-0.25, -0.2) is 0 Å². The van der Waals surface area contributed by atoms with Gasteiger partial charge >= 0.3 is 0 Å². The summed E-state index contributed by atoms with van der Waals surface area (Å²) in [6.07, 6.45) is 2.54. The third kappa shape index (κ3) is 4.94. The maximum absolute atomic E-state index is 12.1. The molecule has 2 aromatic carbocycles.